The summed E-state index contributed by atoms with van der Waals surface area (Å²) < 4.78 is 9.56. The zero-order chi connectivity index (χ0) is 13.5. The fourth-order valence-electron chi connectivity index (χ4n) is 2.32. The monoisotopic (exact) mass is 269 g/mol. The molecule has 4 rings (SSSR count). The second-order valence-electron chi connectivity index (χ2n) is 5.17. The third-order valence-corrected chi connectivity index (χ3v) is 3.69. The molecule has 6 nitrogen and oxygen atoms in total. The highest BCUT2D eigenvalue weighted by atomic mass is 16.5. The van der Waals surface area contributed by atoms with Crippen molar-refractivity contribution >= 4 is 5.52 Å². The van der Waals surface area contributed by atoms with E-state index in [4.69, 9.17) is 4.74 Å². The van der Waals surface area contributed by atoms with Gasteiger partial charge in [-0.05, 0) is 25.3 Å². The van der Waals surface area contributed by atoms with Crippen molar-refractivity contribution < 1.29 is 4.74 Å². The van der Waals surface area contributed by atoms with Crippen LogP contribution in [0.2, 0.25) is 0 Å². The van der Waals surface area contributed by atoms with E-state index in [0.717, 1.165) is 29.6 Å². The van der Waals surface area contributed by atoms with Crippen molar-refractivity contribution in [2.75, 3.05) is 0 Å². The zero-order valence-corrected chi connectivity index (χ0v) is 11.2. The highest BCUT2D eigenvalue weighted by Crippen LogP contribution is 2.28. The summed E-state index contributed by atoms with van der Waals surface area (Å²) in [5, 5.41) is 8.48. The van der Waals surface area contributed by atoms with Gasteiger partial charge in [0.2, 0.25) is 5.88 Å². The van der Waals surface area contributed by atoms with Gasteiger partial charge >= 0.3 is 0 Å². The second kappa shape index (κ2) is 4.33. The van der Waals surface area contributed by atoms with E-state index in [1.165, 1.54) is 6.42 Å². The van der Waals surface area contributed by atoms with Crippen molar-refractivity contribution in [3.05, 3.63) is 30.9 Å². The molecule has 3 heterocycles. The van der Waals surface area contributed by atoms with E-state index < -0.39 is 0 Å². The highest BCUT2D eigenvalue weighted by molar-refractivity contribution is 5.63. The fourth-order valence-corrected chi connectivity index (χ4v) is 2.32. The van der Waals surface area contributed by atoms with Crippen molar-refractivity contribution in [1.82, 2.24) is 24.4 Å². The van der Waals surface area contributed by atoms with E-state index in [1.54, 1.807) is 17.1 Å². The molecule has 1 aliphatic carbocycles. The Hall–Kier alpha value is -2.37. The molecule has 20 heavy (non-hydrogen) atoms. The molecule has 102 valence electrons. The molecule has 0 radical (unpaired) electrons. The summed E-state index contributed by atoms with van der Waals surface area (Å²) in [4.78, 5) is 4.64. The summed E-state index contributed by atoms with van der Waals surface area (Å²) in [6.07, 6.45) is 11.2. The smallest absolute Gasteiger partial charge is 0.240 e. The van der Waals surface area contributed by atoms with E-state index >= 15 is 0 Å². The molecular weight excluding hydrogens is 254 g/mol. The van der Waals surface area contributed by atoms with Gasteiger partial charge in [-0.15, -0.1) is 0 Å². The van der Waals surface area contributed by atoms with Gasteiger partial charge in [0.05, 0.1) is 24.3 Å². The summed E-state index contributed by atoms with van der Waals surface area (Å²) in [5.74, 6) is 0.661. The lowest BCUT2D eigenvalue weighted by atomic mass is 9.96. The highest BCUT2D eigenvalue weighted by Gasteiger charge is 2.21. The number of aryl methyl sites for hydroxylation is 1. The molecule has 0 bridgehead atoms. The average Bonchev–Trinajstić information content (AvgIpc) is 3.01. The minimum Gasteiger partial charge on any atom is -0.473 e. The molecule has 0 saturated heterocycles. The summed E-state index contributed by atoms with van der Waals surface area (Å²) in [7, 11) is 1.89. The Morgan fingerprint density at radius 3 is 2.85 bits per heavy atom. The van der Waals surface area contributed by atoms with Crippen LogP contribution in [0.4, 0.5) is 0 Å². The van der Waals surface area contributed by atoms with Crippen LogP contribution in [0.15, 0.2) is 30.9 Å². The lowest BCUT2D eigenvalue weighted by molar-refractivity contribution is 0.116. The molecule has 3 aromatic heterocycles. The lowest BCUT2D eigenvalue weighted by Gasteiger charge is -2.26. The standard InChI is InChI=1S/C14H15N5O/c1-18-8-10(7-16-18)12-9-19-13(5-6-15-19)14(17-12)20-11-3-2-4-11/h5-9,11H,2-4H2,1H3. The molecule has 6 heteroatoms. The first-order valence-corrected chi connectivity index (χ1v) is 6.80. The van der Waals surface area contributed by atoms with Gasteiger partial charge in [-0.2, -0.15) is 10.2 Å². The van der Waals surface area contributed by atoms with Gasteiger partial charge in [0, 0.05) is 18.8 Å². The van der Waals surface area contributed by atoms with Gasteiger partial charge in [0.1, 0.15) is 11.6 Å². The van der Waals surface area contributed by atoms with E-state index in [0.29, 0.717) is 12.0 Å². The predicted molar refractivity (Wildman–Crippen MR) is 73.5 cm³/mol. The second-order valence-corrected chi connectivity index (χ2v) is 5.17. The van der Waals surface area contributed by atoms with Gasteiger partial charge in [-0.25, -0.2) is 9.50 Å². The number of aromatic nitrogens is 5. The molecule has 3 aromatic rings. The first-order valence-electron chi connectivity index (χ1n) is 6.80. The van der Waals surface area contributed by atoms with Gasteiger partial charge in [-0.3, -0.25) is 4.68 Å². The molecule has 1 fully saturated rings. The van der Waals surface area contributed by atoms with E-state index in [1.807, 2.05) is 30.0 Å². The largest absolute Gasteiger partial charge is 0.473 e. The van der Waals surface area contributed by atoms with Crippen molar-refractivity contribution in [2.45, 2.75) is 25.4 Å². The fraction of sp³-hybridized carbons (Fsp3) is 0.357. The number of hydrogen-bond acceptors (Lipinski definition) is 4. The molecular formula is C14H15N5O. The van der Waals surface area contributed by atoms with Crippen LogP contribution in [0.3, 0.4) is 0 Å². The maximum Gasteiger partial charge on any atom is 0.240 e. The number of fused-ring (bicyclic) bond motifs is 1. The quantitative estimate of drug-likeness (QED) is 0.730. The van der Waals surface area contributed by atoms with Gasteiger partial charge < -0.3 is 4.74 Å². The SMILES string of the molecule is Cn1cc(-c2cn3nccc3c(OC3CCC3)n2)cn1. The van der Waals surface area contributed by atoms with Crippen LogP contribution < -0.4 is 4.74 Å². The zero-order valence-electron chi connectivity index (χ0n) is 11.2. The molecule has 0 unspecified atom stereocenters. The minimum atomic E-state index is 0.297. The number of ether oxygens (including phenoxy) is 1. The third-order valence-electron chi connectivity index (χ3n) is 3.69. The summed E-state index contributed by atoms with van der Waals surface area (Å²) in [6.45, 7) is 0. The molecule has 0 N–H and O–H groups in total. The molecule has 0 aliphatic heterocycles. The van der Waals surface area contributed by atoms with Crippen LogP contribution in [0, 0.1) is 0 Å². The van der Waals surface area contributed by atoms with Crippen molar-refractivity contribution in [1.29, 1.82) is 0 Å². The summed E-state index contributed by atoms with van der Waals surface area (Å²) in [5.41, 5.74) is 2.69. The van der Waals surface area contributed by atoms with Crippen molar-refractivity contribution in [3.8, 4) is 17.1 Å². The van der Waals surface area contributed by atoms with Crippen LogP contribution in [-0.2, 0) is 7.05 Å². The lowest BCUT2D eigenvalue weighted by Crippen LogP contribution is -2.25. The van der Waals surface area contributed by atoms with Gasteiger partial charge in [-0.1, -0.05) is 0 Å². The van der Waals surface area contributed by atoms with E-state index in [9.17, 15) is 0 Å². The van der Waals surface area contributed by atoms with Crippen molar-refractivity contribution in [2.24, 2.45) is 7.05 Å². The minimum absolute atomic E-state index is 0.297. The Morgan fingerprint density at radius 2 is 2.15 bits per heavy atom. The number of hydrogen-bond donors (Lipinski definition) is 0. The third kappa shape index (κ3) is 1.84. The number of nitrogens with zero attached hydrogens (tertiary/aromatic N) is 5. The van der Waals surface area contributed by atoms with Crippen LogP contribution in [0.1, 0.15) is 19.3 Å². The van der Waals surface area contributed by atoms with Crippen LogP contribution in [0.5, 0.6) is 5.88 Å². The first kappa shape index (κ1) is 11.5. The van der Waals surface area contributed by atoms with Crippen LogP contribution in [-0.4, -0.2) is 30.5 Å². The number of rotatable bonds is 3. The van der Waals surface area contributed by atoms with E-state index in [2.05, 4.69) is 15.2 Å². The molecule has 0 aromatic carbocycles. The Labute approximate surface area is 116 Å². The average molecular weight is 269 g/mol. The van der Waals surface area contributed by atoms with E-state index in [-0.39, 0.29) is 0 Å². The Kier molecular flexibility index (Phi) is 2.48. The maximum absolute atomic E-state index is 5.99. The molecule has 0 spiro atoms. The molecule has 1 saturated carbocycles. The normalized spacial score (nSPS) is 15.4. The van der Waals surface area contributed by atoms with Crippen molar-refractivity contribution in [3.63, 3.8) is 0 Å². The molecule has 0 atom stereocenters. The van der Waals surface area contributed by atoms with Gasteiger partial charge in [0.25, 0.3) is 0 Å². The molecule has 1 aliphatic rings. The van der Waals surface area contributed by atoms with Gasteiger partial charge in [0.15, 0.2) is 0 Å². The topological polar surface area (TPSA) is 57.2 Å². The Balaban J connectivity index is 1.81. The first-order chi connectivity index (χ1) is 9.79. The summed E-state index contributed by atoms with van der Waals surface area (Å²) >= 11 is 0. The van der Waals surface area contributed by atoms with Crippen LogP contribution >= 0.6 is 0 Å². The summed E-state index contributed by atoms with van der Waals surface area (Å²) in [6, 6.07) is 1.92. The Morgan fingerprint density at radius 1 is 1.25 bits per heavy atom. The predicted octanol–water partition coefficient (Wildman–Crippen LogP) is 2.06. The maximum atomic E-state index is 5.99. The Bertz CT molecular complexity index is 756. The molecule has 0 amide bonds. The van der Waals surface area contributed by atoms with Crippen LogP contribution in [0.25, 0.3) is 16.8 Å².